The van der Waals surface area contributed by atoms with Gasteiger partial charge in [-0.25, -0.2) is 9.18 Å². The van der Waals surface area contributed by atoms with Crippen LogP contribution < -0.4 is 5.32 Å². The van der Waals surface area contributed by atoms with Gasteiger partial charge in [0.1, 0.15) is 18.4 Å². The molecule has 0 aromatic carbocycles. The van der Waals surface area contributed by atoms with E-state index in [1.807, 2.05) is 0 Å². The van der Waals surface area contributed by atoms with Crippen molar-refractivity contribution in [1.29, 1.82) is 0 Å². The van der Waals surface area contributed by atoms with Crippen molar-refractivity contribution in [3.63, 3.8) is 0 Å². The molecule has 4 rings (SSSR count). The minimum absolute atomic E-state index is 0.0196. The number of carbonyl (C=O) groups excluding carboxylic acids is 2. The van der Waals surface area contributed by atoms with Gasteiger partial charge in [-0.2, -0.15) is 5.10 Å². The molecule has 2 aromatic rings. The lowest BCUT2D eigenvalue weighted by Crippen LogP contribution is -2.49. The Bertz CT molecular complexity index is 1170. The minimum Gasteiger partial charge on any atom is -0.476 e. The maximum Gasteiger partial charge on any atom is 0.357 e. The molecule has 32 heavy (non-hydrogen) atoms. The van der Waals surface area contributed by atoms with E-state index in [9.17, 15) is 23.9 Å². The first-order valence-electron chi connectivity index (χ1n) is 10.6. The molecule has 2 N–H and O–H groups in total. The Morgan fingerprint density at radius 3 is 2.62 bits per heavy atom. The number of carboxylic acid groups (broad SMARTS) is 1. The number of fused-ring (bicyclic) bond motifs is 2. The van der Waals surface area contributed by atoms with Crippen LogP contribution in [0.25, 0.3) is 10.9 Å². The lowest BCUT2D eigenvalue weighted by Gasteiger charge is -2.27. The van der Waals surface area contributed by atoms with Crippen LogP contribution in [0.4, 0.5) is 4.39 Å². The van der Waals surface area contributed by atoms with E-state index in [2.05, 4.69) is 15.4 Å². The smallest absolute Gasteiger partial charge is 0.357 e. The Morgan fingerprint density at radius 2 is 1.97 bits per heavy atom. The highest BCUT2D eigenvalue weighted by molar-refractivity contribution is 6.02. The van der Waals surface area contributed by atoms with Crippen molar-refractivity contribution in [2.24, 2.45) is 5.92 Å². The number of hydrogen-bond donors (Lipinski definition) is 2. The lowest BCUT2D eigenvalue weighted by molar-refractivity contribution is -0.140. The minimum atomic E-state index is -1.19. The number of aryl methyl sites for hydroxylation is 2. The number of rotatable bonds is 6. The largest absolute Gasteiger partial charge is 0.476 e. The van der Waals surface area contributed by atoms with E-state index in [4.69, 9.17) is 0 Å². The molecule has 2 aromatic heterocycles. The number of carboxylic acids is 1. The van der Waals surface area contributed by atoms with Crippen molar-refractivity contribution in [2.75, 3.05) is 6.54 Å². The number of aromatic carboxylic acids is 1. The van der Waals surface area contributed by atoms with Gasteiger partial charge in [0, 0.05) is 17.1 Å². The molecule has 0 radical (unpaired) electrons. The van der Waals surface area contributed by atoms with Gasteiger partial charge in [-0.15, -0.1) is 0 Å². The van der Waals surface area contributed by atoms with Crippen molar-refractivity contribution >= 4 is 28.7 Å². The fourth-order valence-corrected chi connectivity index (χ4v) is 4.54. The highest BCUT2D eigenvalue weighted by atomic mass is 19.1. The second kappa shape index (κ2) is 7.99. The van der Waals surface area contributed by atoms with Crippen molar-refractivity contribution < 1.29 is 23.9 Å². The maximum atomic E-state index is 13.8. The fraction of sp³-hybridized carbons (Fsp3) is 0.500. The third-order valence-corrected chi connectivity index (χ3v) is 6.17. The number of allylic oxidation sites excluding steroid dienone is 1. The number of likely N-dealkylation sites (tertiary alicyclic amines) is 1. The van der Waals surface area contributed by atoms with E-state index in [1.165, 1.54) is 4.68 Å². The molecule has 0 bridgehead atoms. The number of amides is 2. The van der Waals surface area contributed by atoms with Gasteiger partial charge in [-0.05, 0) is 58.1 Å². The van der Waals surface area contributed by atoms with E-state index in [-0.39, 0.29) is 42.6 Å². The van der Waals surface area contributed by atoms with E-state index >= 15 is 0 Å². The first kappa shape index (κ1) is 21.9. The number of carbonyl (C=O) groups is 3. The number of aromatic nitrogens is 3. The van der Waals surface area contributed by atoms with Gasteiger partial charge < -0.3 is 15.3 Å². The van der Waals surface area contributed by atoms with E-state index in [1.54, 1.807) is 38.7 Å². The van der Waals surface area contributed by atoms with Crippen molar-refractivity contribution in [2.45, 2.75) is 59.2 Å². The molecular weight excluding hydrogens is 417 g/mol. The SMILES string of the molecule is CC(C)=C(F)CNC(=O)[C@@H]1C[C@H]2C[C@H]2N1C(=O)Cn1nc(C(=O)O)c2cc(C)nc(C)c21. The Morgan fingerprint density at radius 1 is 1.25 bits per heavy atom. The Hall–Kier alpha value is -3.30. The zero-order valence-corrected chi connectivity index (χ0v) is 18.5. The summed E-state index contributed by atoms with van der Waals surface area (Å²) in [4.78, 5) is 43.6. The summed E-state index contributed by atoms with van der Waals surface area (Å²) < 4.78 is 15.2. The molecule has 1 aliphatic heterocycles. The van der Waals surface area contributed by atoms with Gasteiger partial charge in [0.25, 0.3) is 0 Å². The molecule has 3 heterocycles. The van der Waals surface area contributed by atoms with Gasteiger partial charge in [0.2, 0.25) is 11.8 Å². The van der Waals surface area contributed by atoms with Gasteiger partial charge in [-0.1, -0.05) is 0 Å². The summed E-state index contributed by atoms with van der Waals surface area (Å²) in [5, 5.41) is 16.7. The number of hydrogen-bond acceptors (Lipinski definition) is 5. The molecule has 1 saturated carbocycles. The molecule has 0 spiro atoms. The molecule has 0 unspecified atom stereocenters. The summed E-state index contributed by atoms with van der Waals surface area (Å²) in [6, 6.07) is 0.952. The maximum absolute atomic E-state index is 13.8. The standard InChI is InChI=1S/C22H26FN5O4/c1-10(2)15(23)8-24-21(30)17-7-13-6-16(13)28(17)18(29)9-27-20-12(4)25-11(3)5-14(20)19(26-27)22(31)32/h5,13,16-17H,6-9H2,1-4H3,(H,24,30)(H,31,32)/t13-,16-,17+/m1/s1. The zero-order valence-electron chi connectivity index (χ0n) is 18.5. The van der Waals surface area contributed by atoms with Crippen LogP contribution in [0.1, 0.15) is 48.6 Å². The Kier molecular flexibility index (Phi) is 5.47. The first-order valence-corrected chi connectivity index (χ1v) is 10.6. The van der Waals surface area contributed by atoms with Crippen LogP contribution in [0.5, 0.6) is 0 Å². The Labute approximate surface area is 184 Å². The molecule has 1 aliphatic carbocycles. The predicted octanol–water partition coefficient (Wildman–Crippen LogP) is 2.12. The second-order valence-electron chi connectivity index (χ2n) is 8.79. The number of halogens is 1. The van der Waals surface area contributed by atoms with Crippen LogP contribution in [0.2, 0.25) is 0 Å². The number of pyridine rings is 1. The molecule has 9 nitrogen and oxygen atoms in total. The first-order chi connectivity index (χ1) is 15.1. The van der Waals surface area contributed by atoms with Crippen LogP contribution in [0.3, 0.4) is 0 Å². The molecule has 1 saturated heterocycles. The van der Waals surface area contributed by atoms with Crippen LogP contribution >= 0.6 is 0 Å². The molecule has 2 amide bonds. The number of piperidine rings is 1. The second-order valence-corrected chi connectivity index (χ2v) is 8.79. The predicted molar refractivity (Wildman–Crippen MR) is 114 cm³/mol. The number of nitrogens with zero attached hydrogens (tertiary/aromatic N) is 4. The van der Waals surface area contributed by atoms with E-state index in [0.29, 0.717) is 34.3 Å². The van der Waals surface area contributed by atoms with Crippen LogP contribution in [-0.4, -0.2) is 61.2 Å². The summed E-state index contributed by atoms with van der Waals surface area (Å²) in [5.74, 6) is -2.03. The van der Waals surface area contributed by atoms with Crippen molar-refractivity contribution in [3.05, 3.63) is 34.5 Å². The fourth-order valence-electron chi connectivity index (χ4n) is 4.54. The molecule has 10 heteroatoms. The van der Waals surface area contributed by atoms with Gasteiger partial charge in [0.15, 0.2) is 5.69 Å². The zero-order chi connectivity index (χ0) is 23.3. The summed E-state index contributed by atoms with van der Waals surface area (Å²) >= 11 is 0. The van der Waals surface area contributed by atoms with Crippen molar-refractivity contribution in [3.8, 4) is 0 Å². The third-order valence-electron chi connectivity index (χ3n) is 6.17. The van der Waals surface area contributed by atoms with Gasteiger partial charge in [-0.3, -0.25) is 19.3 Å². The Balaban J connectivity index is 1.58. The van der Waals surface area contributed by atoms with Crippen molar-refractivity contribution in [1.82, 2.24) is 25.0 Å². The average Bonchev–Trinajstić information content (AvgIpc) is 3.21. The summed E-state index contributed by atoms with van der Waals surface area (Å²) in [5.41, 5.74) is 2.07. The van der Waals surface area contributed by atoms with E-state index < -0.39 is 17.8 Å². The topological polar surface area (TPSA) is 117 Å². The average molecular weight is 443 g/mol. The van der Waals surface area contributed by atoms with Gasteiger partial charge >= 0.3 is 5.97 Å². The number of nitrogens with one attached hydrogen (secondary N) is 1. The summed E-state index contributed by atoms with van der Waals surface area (Å²) in [6.07, 6.45) is 1.37. The van der Waals surface area contributed by atoms with Gasteiger partial charge in [0.05, 0.1) is 17.8 Å². The summed E-state index contributed by atoms with van der Waals surface area (Å²) in [6.45, 7) is 6.35. The van der Waals surface area contributed by atoms with Crippen LogP contribution in [0.15, 0.2) is 17.5 Å². The molecule has 170 valence electrons. The monoisotopic (exact) mass is 443 g/mol. The normalized spacial score (nSPS) is 21.4. The molecule has 2 aliphatic rings. The molecular formula is C22H26FN5O4. The lowest BCUT2D eigenvalue weighted by atomic mass is 10.1. The molecule has 2 fully saturated rings. The molecule has 3 atom stereocenters. The van der Waals surface area contributed by atoms with Crippen LogP contribution in [-0.2, 0) is 16.1 Å². The van der Waals surface area contributed by atoms with Crippen LogP contribution in [0, 0.1) is 19.8 Å². The summed E-state index contributed by atoms with van der Waals surface area (Å²) in [7, 11) is 0. The highest BCUT2D eigenvalue weighted by Crippen LogP contribution is 2.48. The highest BCUT2D eigenvalue weighted by Gasteiger charge is 2.56. The third kappa shape index (κ3) is 3.85. The van der Waals surface area contributed by atoms with E-state index in [0.717, 1.165) is 6.42 Å². The quantitative estimate of drug-likeness (QED) is 0.706.